The average Bonchev–Trinajstić information content (AvgIpc) is 2.17. The fraction of sp³-hybridized carbons (Fsp3) is 0.455. The standard InChI is InChI=1S/C9H13F3N2.C2H6/c1-6(2)4-8(9(10,11)12)5-7(3)14-13;1-2/h4-5,14H,1,13H2,2-3H3;1-2H3/b7-5+,8-4+;. The molecule has 0 aromatic heterocycles. The molecule has 0 amide bonds. The maximum atomic E-state index is 12.4. The molecule has 0 atom stereocenters. The summed E-state index contributed by atoms with van der Waals surface area (Å²) >= 11 is 0. The van der Waals surface area contributed by atoms with E-state index in [0.717, 1.165) is 12.2 Å². The van der Waals surface area contributed by atoms with Crippen molar-refractivity contribution in [1.29, 1.82) is 0 Å². The SMILES string of the molecule is C=C(C)/C=C(\C=C(/C)NN)C(F)(F)F.CC. The molecule has 94 valence electrons. The molecule has 0 heterocycles. The lowest BCUT2D eigenvalue weighted by atomic mass is 10.1. The maximum Gasteiger partial charge on any atom is 0.416 e. The van der Waals surface area contributed by atoms with Gasteiger partial charge in [0.25, 0.3) is 0 Å². The number of halogens is 3. The van der Waals surface area contributed by atoms with Crippen molar-refractivity contribution in [3.05, 3.63) is 35.6 Å². The van der Waals surface area contributed by atoms with Crippen molar-refractivity contribution >= 4 is 0 Å². The van der Waals surface area contributed by atoms with Gasteiger partial charge in [0.15, 0.2) is 0 Å². The summed E-state index contributed by atoms with van der Waals surface area (Å²) in [7, 11) is 0. The quantitative estimate of drug-likeness (QED) is 0.447. The Balaban J connectivity index is 0. The van der Waals surface area contributed by atoms with E-state index in [1.807, 2.05) is 13.8 Å². The van der Waals surface area contributed by atoms with Gasteiger partial charge in [-0.05, 0) is 26.0 Å². The third-order valence-corrected chi connectivity index (χ3v) is 1.33. The molecule has 2 nitrogen and oxygen atoms in total. The van der Waals surface area contributed by atoms with Gasteiger partial charge in [-0.3, -0.25) is 5.84 Å². The number of nitrogens with one attached hydrogen (secondary N) is 1. The van der Waals surface area contributed by atoms with Crippen LogP contribution in [0.2, 0.25) is 0 Å². The molecule has 0 aliphatic carbocycles. The molecule has 0 fully saturated rings. The van der Waals surface area contributed by atoms with E-state index < -0.39 is 11.7 Å². The lowest BCUT2D eigenvalue weighted by molar-refractivity contribution is -0.0883. The van der Waals surface area contributed by atoms with Crippen LogP contribution in [-0.4, -0.2) is 6.18 Å². The first-order valence-electron chi connectivity index (χ1n) is 4.86. The molecule has 3 N–H and O–H groups in total. The Morgan fingerprint density at radius 1 is 1.19 bits per heavy atom. The van der Waals surface area contributed by atoms with Crippen LogP contribution in [0.1, 0.15) is 27.7 Å². The first-order valence-corrected chi connectivity index (χ1v) is 4.86. The summed E-state index contributed by atoms with van der Waals surface area (Å²) in [5.41, 5.74) is 1.92. The second-order valence-corrected chi connectivity index (χ2v) is 2.92. The van der Waals surface area contributed by atoms with Crippen LogP contribution in [0.3, 0.4) is 0 Å². The van der Waals surface area contributed by atoms with Gasteiger partial charge in [-0.2, -0.15) is 13.2 Å². The highest BCUT2D eigenvalue weighted by Gasteiger charge is 2.31. The summed E-state index contributed by atoms with van der Waals surface area (Å²) in [5.74, 6) is 4.96. The Morgan fingerprint density at radius 2 is 1.62 bits per heavy atom. The smallest absolute Gasteiger partial charge is 0.329 e. The number of hydrogen-bond acceptors (Lipinski definition) is 2. The number of rotatable bonds is 3. The van der Waals surface area contributed by atoms with E-state index in [-0.39, 0.29) is 5.70 Å². The monoisotopic (exact) mass is 236 g/mol. The second-order valence-electron chi connectivity index (χ2n) is 2.92. The van der Waals surface area contributed by atoms with E-state index in [9.17, 15) is 13.2 Å². The molecule has 0 aliphatic heterocycles. The molecule has 0 unspecified atom stereocenters. The molecule has 16 heavy (non-hydrogen) atoms. The van der Waals surface area contributed by atoms with Crippen LogP contribution < -0.4 is 11.3 Å². The Bertz CT molecular complexity index is 275. The van der Waals surface area contributed by atoms with Crippen LogP contribution >= 0.6 is 0 Å². The average molecular weight is 236 g/mol. The number of hydrazine groups is 1. The number of nitrogens with two attached hydrogens (primary N) is 1. The van der Waals surface area contributed by atoms with Gasteiger partial charge < -0.3 is 5.43 Å². The third-order valence-electron chi connectivity index (χ3n) is 1.33. The van der Waals surface area contributed by atoms with Gasteiger partial charge in [-0.1, -0.05) is 26.0 Å². The zero-order valence-corrected chi connectivity index (χ0v) is 10.1. The van der Waals surface area contributed by atoms with Gasteiger partial charge in [-0.25, -0.2) is 0 Å². The summed E-state index contributed by atoms with van der Waals surface area (Å²) in [5, 5.41) is 0. The molecule has 0 aromatic rings. The molecular weight excluding hydrogens is 217 g/mol. The first kappa shape index (κ1) is 17.2. The zero-order chi connectivity index (χ0) is 13.4. The van der Waals surface area contributed by atoms with Crippen molar-refractivity contribution in [3.8, 4) is 0 Å². The molecule has 0 saturated heterocycles. The Hall–Kier alpha value is -1.23. The fourth-order valence-corrected chi connectivity index (χ4v) is 0.746. The molecule has 0 rings (SSSR count). The van der Waals surface area contributed by atoms with Crippen LogP contribution in [-0.2, 0) is 0 Å². The fourth-order valence-electron chi connectivity index (χ4n) is 0.746. The zero-order valence-electron chi connectivity index (χ0n) is 10.1. The minimum atomic E-state index is -4.39. The summed E-state index contributed by atoms with van der Waals surface area (Å²) < 4.78 is 37.1. The van der Waals surface area contributed by atoms with Crippen LogP contribution in [0.15, 0.2) is 35.6 Å². The highest BCUT2D eigenvalue weighted by Crippen LogP contribution is 2.27. The van der Waals surface area contributed by atoms with E-state index in [1.54, 1.807) is 0 Å². The second kappa shape index (κ2) is 7.98. The van der Waals surface area contributed by atoms with Gasteiger partial charge in [-0.15, -0.1) is 0 Å². The van der Waals surface area contributed by atoms with Crippen molar-refractivity contribution in [1.82, 2.24) is 5.43 Å². The largest absolute Gasteiger partial charge is 0.416 e. The highest BCUT2D eigenvalue weighted by atomic mass is 19.4. The van der Waals surface area contributed by atoms with Gasteiger partial charge >= 0.3 is 6.18 Å². The van der Waals surface area contributed by atoms with Crippen molar-refractivity contribution in [2.24, 2.45) is 5.84 Å². The predicted molar refractivity (Wildman–Crippen MR) is 61.4 cm³/mol. The topological polar surface area (TPSA) is 38.0 Å². The highest BCUT2D eigenvalue weighted by molar-refractivity contribution is 5.32. The Kier molecular flexibility index (Phi) is 8.57. The maximum absolute atomic E-state index is 12.4. The van der Waals surface area contributed by atoms with Gasteiger partial charge in [0.05, 0.1) is 5.57 Å². The Labute approximate surface area is 94.7 Å². The van der Waals surface area contributed by atoms with E-state index in [4.69, 9.17) is 5.84 Å². The van der Waals surface area contributed by atoms with Gasteiger partial charge in [0, 0.05) is 5.70 Å². The predicted octanol–water partition coefficient (Wildman–Crippen LogP) is 3.44. The molecular formula is C11H19F3N2. The van der Waals surface area contributed by atoms with Gasteiger partial charge in [0.1, 0.15) is 0 Å². The normalized spacial score (nSPS) is 12.8. The summed E-state index contributed by atoms with van der Waals surface area (Å²) in [6.07, 6.45) is -2.51. The summed E-state index contributed by atoms with van der Waals surface area (Å²) in [6.45, 7) is 10.3. The van der Waals surface area contributed by atoms with Crippen molar-refractivity contribution < 1.29 is 13.2 Å². The van der Waals surface area contributed by atoms with E-state index in [1.165, 1.54) is 13.8 Å². The molecule has 0 aliphatic rings. The molecule has 0 bridgehead atoms. The molecule has 0 radical (unpaired) electrons. The minimum absolute atomic E-state index is 0.231. The van der Waals surface area contributed by atoms with Crippen molar-refractivity contribution in [3.63, 3.8) is 0 Å². The number of allylic oxidation sites excluding steroid dienone is 5. The molecule has 5 heteroatoms. The number of alkyl halides is 3. The van der Waals surface area contributed by atoms with E-state index >= 15 is 0 Å². The van der Waals surface area contributed by atoms with Gasteiger partial charge in [0.2, 0.25) is 0 Å². The van der Waals surface area contributed by atoms with Crippen LogP contribution in [0, 0.1) is 0 Å². The summed E-state index contributed by atoms with van der Waals surface area (Å²) in [6, 6.07) is 0. The lowest BCUT2D eigenvalue weighted by Gasteiger charge is -2.09. The lowest BCUT2D eigenvalue weighted by Crippen LogP contribution is -2.20. The van der Waals surface area contributed by atoms with Crippen LogP contribution in [0.4, 0.5) is 13.2 Å². The number of hydrogen-bond donors (Lipinski definition) is 2. The van der Waals surface area contributed by atoms with Crippen LogP contribution in [0.5, 0.6) is 0 Å². The first-order chi connectivity index (χ1) is 7.27. The summed E-state index contributed by atoms with van der Waals surface area (Å²) in [4.78, 5) is 0. The Morgan fingerprint density at radius 3 is 1.88 bits per heavy atom. The molecule has 0 aromatic carbocycles. The van der Waals surface area contributed by atoms with Crippen molar-refractivity contribution in [2.75, 3.05) is 0 Å². The third kappa shape index (κ3) is 8.11. The van der Waals surface area contributed by atoms with E-state index in [0.29, 0.717) is 5.57 Å². The van der Waals surface area contributed by atoms with E-state index in [2.05, 4.69) is 12.0 Å². The minimum Gasteiger partial charge on any atom is -0.329 e. The van der Waals surface area contributed by atoms with Crippen molar-refractivity contribution in [2.45, 2.75) is 33.9 Å². The van der Waals surface area contributed by atoms with Crippen LogP contribution in [0.25, 0.3) is 0 Å². The molecule has 0 saturated carbocycles. The molecule has 0 spiro atoms.